The number of aliphatic imine (C=N–C) groups is 2. The van der Waals surface area contributed by atoms with Gasteiger partial charge in [0.2, 0.25) is 0 Å². The molecule has 6 heteroatoms. The fourth-order valence-electron chi connectivity index (χ4n) is 1.45. The summed E-state index contributed by atoms with van der Waals surface area (Å²) >= 11 is 1.73. The molecule has 0 saturated carbocycles. The Hall–Kier alpha value is -1.56. The lowest BCUT2D eigenvalue weighted by molar-refractivity contribution is 0.663. The van der Waals surface area contributed by atoms with E-state index in [4.69, 9.17) is 5.73 Å². The first-order chi connectivity index (χ1) is 7.65. The van der Waals surface area contributed by atoms with Gasteiger partial charge in [-0.15, -0.1) is 11.3 Å². The Morgan fingerprint density at radius 2 is 2.44 bits per heavy atom. The Kier molecular flexibility index (Phi) is 3.09. The Balaban J connectivity index is 2.04. The number of nitrogens with two attached hydrogens (primary N) is 1. The zero-order valence-electron chi connectivity index (χ0n) is 9.32. The van der Waals surface area contributed by atoms with Gasteiger partial charge in [-0.2, -0.15) is 0 Å². The maximum Gasteiger partial charge on any atom is 0.200 e. The molecule has 5 nitrogen and oxygen atoms in total. The van der Waals surface area contributed by atoms with Crippen LogP contribution in [0, 0.1) is 6.92 Å². The van der Waals surface area contributed by atoms with E-state index < -0.39 is 0 Å². The Morgan fingerprint density at radius 1 is 1.62 bits per heavy atom. The molecule has 0 bridgehead atoms. The van der Waals surface area contributed by atoms with Crippen LogP contribution in [0.5, 0.6) is 0 Å². The van der Waals surface area contributed by atoms with Crippen LogP contribution in [0.25, 0.3) is 0 Å². The number of thiophene rings is 1. The van der Waals surface area contributed by atoms with Crippen molar-refractivity contribution in [3.63, 3.8) is 0 Å². The van der Waals surface area contributed by atoms with Crippen molar-refractivity contribution in [1.82, 2.24) is 10.6 Å². The van der Waals surface area contributed by atoms with Crippen molar-refractivity contribution in [3.8, 4) is 0 Å². The third kappa shape index (κ3) is 2.52. The van der Waals surface area contributed by atoms with Crippen LogP contribution in [-0.2, 0) is 6.54 Å². The van der Waals surface area contributed by atoms with Crippen molar-refractivity contribution < 1.29 is 0 Å². The molecule has 4 N–H and O–H groups in total. The van der Waals surface area contributed by atoms with Crippen molar-refractivity contribution in [2.75, 3.05) is 0 Å². The number of nitrogens with zero attached hydrogens (tertiary/aromatic N) is 2. The first kappa shape index (κ1) is 10.9. The predicted molar refractivity (Wildman–Crippen MR) is 67.6 cm³/mol. The largest absolute Gasteiger partial charge is 0.370 e. The monoisotopic (exact) mass is 237 g/mol. The molecule has 1 atom stereocenters. The molecule has 1 aromatic rings. The number of hydrogen-bond acceptors (Lipinski definition) is 4. The minimum Gasteiger partial charge on any atom is -0.370 e. The third-order valence-electron chi connectivity index (χ3n) is 2.30. The van der Waals surface area contributed by atoms with Crippen LogP contribution < -0.4 is 16.4 Å². The molecule has 2 rings (SSSR count). The number of hydrogen-bond donors (Lipinski definition) is 3. The second kappa shape index (κ2) is 4.52. The average molecular weight is 237 g/mol. The van der Waals surface area contributed by atoms with Crippen molar-refractivity contribution in [3.05, 3.63) is 21.9 Å². The van der Waals surface area contributed by atoms with Gasteiger partial charge in [0.15, 0.2) is 11.9 Å². The van der Waals surface area contributed by atoms with E-state index in [9.17, 15) is 0 Å². The second-order valence-corrected chi connectivity index (χ2v) is 4.75. The maximum absolute atomic E-state index is 5.61. The van der Waals surface area contributed by atoms with Crippen LogP contribution in [-0.4, -0.2) is 18.1 Å². The lowest BCUT2D eigenvalue weighted by Crippen LogP contribution is -2.52. The highest BCUT2D eigenvalue weighted by Gasteiger charge is 2.11. The van der Waals surface area contributed by atoms with Crippen molar-refractivity contribution in [2.24, 2.45) is 15.7 Å². The van der Waals surface area contributed by atoms with Gasteiger partial charge in [-0.25, -0.2) is 9.98 Å². The van der Waals surface area contributed by atoms with E-state index in [1.807, 2.05) is 6.92 Å². The van der Waals surface area contributed by atoms with E-state index in [1.54, 1.807) is 11.3 Å². The van der Waals surface area contributed by atoms with Gasteiger partial charge in [0.25, 0.3) is 0 Å². The molecule has 0 radical (unpaired) electrons. The quantitative estimate of drug-likeness (QED) is 0.711. The highest BCUT2D eigenvalue weighted by molar-refractivity contribution is 7.10. The van der Waals surface area contributed by atoms with Gasteiger partial charge in [0.1, 0.15) is 6.17 Å². The molecular formula is C10H15N5S. The summed E-state index contributed by atoms with van der Waals surface area (Å²) < 4.78 is 0. The summed E-state index contributed by atoms with van der Waals surface area (Å²) in [4.78, 5) is 9.82. The summed E-state index contributed by atoms with van der Waals surface area (Å²) in [5.74, 6) is 1.10. The van der Waals surface area contributed by atoms with Gasteiger partial charge in [-0.3, -0.25) is 5.32 Å². The van der Waals surface area contributed by atoms with E-state index in [0.717, 1.165) is 0 Å². The average Bonchev–Trinajstić information content (AvgIpc) is 2.59. The van der Waals surface area contributed by atoms with E-state index in [-0.39, 0.29) is 6.17 Å². The molecule has 2 heterocycles. The number of guanidine groups is 2. The van der Waals surface area contributed by atoms with Crippen molar-refractivity contribution >= 4 is 23.3 Å². The molecule has 1 aromatic heterocycles. The van der Waals surface area contributed by atoms with Crippen molar-refractivity contribution in [2.45, 2.75) is 26.6 Å². The topological polar surface area (TPSA) is 74.8 Å². The molecule has 0 fully saturated rings. The first-order valence-electron chi connectivity index (χ1n) is 5.09. The van der Waals surface area contributed by atoms with Crippen LogP contribution in [0.4, 0.5) is 0 Å². The summed E-state index contributed by atoms with van der Waals surface area (Å²) in [6, 6.07) is 2.09. The highest BCUT2D eigenvalue weighted by atomic mass is 32.1. The minimum absolute atomic E-state index is 0.0245. The number of nitrogens with one attached hydrogen (secondary N) is 2. The number of rotatable bonds is 2. The molecule has 0 amide bonds. The summed E-state index contributed by atoms with van der Waals surface area (Å²) in [5, 5.41) is 8.08. The van der Waals surface area contributed by atoms with E-state index in [2.05, 4.69) is 39.0 Å². The molecule has 16 heavy (non-hydrogen) atoms. The van der Waals surface area contributed by atoms with Crippen LogP contribution in [0.1, 0.15) is 17.4 Å². The van der Waals surface area contributed by atoms with Gasteiger partial charge >= 0.3 is 0 Å². The molecule has 1 aliphatic heterocycles. The van der Waals surface area contributed by atoms with Crippen LogP contribution in [0.3, 0.4) is 0 Å². The molecule has 0 saturated heterocycles. The predicted octanol–water partition coefficient (Wildman–Crippen LogP) is 0.766. The Bertz CT molecular complexity index is 434. The van der Waals surface area contributed by atoms with Crippen LogP contribution >= 0.6 is 11.3 Å². The van der Waals surface area contributed by atoms with Crippen LogP contribution in [0.2, 0.25) is 0 Å². The van der Waals surface area contributed by atoms with E-state index in [1.165, 1.54) is 10.4 Å². The molecule has 1 unspecified atom stereocenters. The summed E-state index contributed by atoms with van der Waals surface area (Å²) in [6.45, 7) is 4.68. The molecule has 1 aliphatic rings. The molecule has 0 aliphatic carbocycles. The fraction of sp³-hybridized carbons (Fsp3) is 0.400. The normalized spacial score (nSPS) is 22.5. The lowest BCUT2D eigenvalue weighted by atomic mass is 10.3. The lowest BCUT2D eigenvalue weighted by Gasteiger charge is -2.20. The minimum atomic E-state index is -0.0245. The van der Waals surface area contributed by atoms with Gasteiger partial charge in [0, 0.05) is 4.88 Å². The van der Waals surface area contributed by atoms with E-state index in [0.29, 0.717) is 18.5 Å². The number of aryl methyl sites for hydroxylation is 1. The van der Waals surface area contributed by atoms with Crippen molar-refractivity contribution in [1.29, 1.82) is 0 Å². The molecule has 86 valence electrons. The Morgan fingerprint density at radius 3 is 3.06 bits per heavy atom. The fourth-order valence-corrected chi connectivity index (χ4v) is 2.17. The summed E-state index contributed by atoms with van der Waals surface area (Å²) in [6.07, 6.45) is -0.0245. The van der Waals surface area contributed by atoms with Gasteiger partial charge in [0.05, 0.1) is 6.54 Å². The molecule has 0 aromatic carbocycles. The SMILES string of the molecule is Cc1sccc1CN=C1NC(N)=NC(C)N1. The van der Waals surface area contributed by atoms with E-state index >= 15 is 0 Å². The van der Waals surface area contributed by atoms with Gasteiger partial charge < -0.3 is 11.1 Å². The molecule has 0 spiro atoms. The third-order valence-corrected chi connectivity index (χ3v) is 3.19. The van der Waals surface area contributed by atoms with Crippen LogP contribution in [0.15, 0.2) is 21.4 Å². The zero-order valence-corrected chi connectivity index (χ0v) is 10.1. The summed E-state index contributed by atoms with van der Waals surface area (Å²) in [7, 11) is 0. The smallest absolute Gasteiger partial charge is 0.200 e. The van der Waals surface area contributed by atoms with Gasteiger partial charge in [-0.05, 0) is 30.9 Å². The summed E-state index contributed by atoms with van der Waals surface area (Å²) in [5.41, 5.74) is 6.86. The standard InChI is InChI=1S/C10H15N5S/c1-6-8(3-4-16-6)5-12-10-14-7(2)13-9(11)15-10/h3-4,7H,5H2,1-2H3,(H4,11,12,13,14,15). The zero-order chi connectivity index (χ0) is 11.5. The Labute approximate surface area is 98.5 Å². The first-order valence-corrected chi connectivity index (χ1v) is 5.97. The second-order valence-electron chi connectivity index (χ2n) is 3.63. The maximum atomic E-state index is 5.61. The van der Waals surface area contributed by atoms with Gasteiger partial charge in [-0.1, -0.05) is 0 Å². The molecular weight excluding hydrogens is 222 g/mol. The highest BCUT2D eigenvalue weighted by Crippen LogP contribution is 2.15.